The number of nitrogens with one attached hydrogen (secondary N) is 1. The second kappa shape index (κ2) is 6.78. The molecule has 108 valence electrons. The number of thioether (sulfide) groups is 1. The standard InChI is InChI=1S/C15H12BrNO3S/c1-21-13-5-3-2-4-11(13)14(18)17-12-8-9(16)6-7-10(12)15(19)20/h2-8H,1H3,(H,17,18)(H,19,20). The van der Waals surface area contributed by atoms with Gasteiger partial charge in [0.2, 0.25) is 0 Å². The lowest BCUT2D eigenvalue weighted by molar-refractivity contribution is 0.0698. The number of halogens is 1. The van der Waals surface area contributed by atoms with E-state index in [1.165, 1.54) is 17.8 Å². The SMILES string of the molecule is CSc1ccccc1C(=O)Nc1cc(Br)ccc1C(=O)O. The summed E-state index contributed by atoms with van der Waals surface area (Å²) in [5, 5.41) is 11.8. The highest BCUT2D eigenvalue weighted by atomic mass is 79.9. The van der Waals surface area contributed by atoms with Crippen LogP contribution < -0.4 is 5.32 Å². The number of benzene rings is 2. The number of carboxylic acid groups (broad SMARTS) is 1. The van der Waals surface area contributed by atoms with Gasteiger partial charge in [-0.25, -0.2) is 4.79 Å². The highest BCUT2D eigenvalue weighted by Gasteiger charge is 2.15. The fourth-order valence-corrected chi connectivity index (χ4v) is 2.78. The van der Waals surface area contributed by atoms with Gasteiger partial charge < -0.3 is 10.4 Å². The molecule has 0 aromatic heterocycles. The Bertz CT molecular complexity index is 703. The lowest BCUT2D eigenvalue weighted by atomic mass is 10.1. The first-order valence-electron chi connectivity index (χ1n) is 6.00. The maximum absolute atomic E-state index is 12.3. The third kappa shape index (κ3) is 3.65. The Balaban J connectivity index is 2.36. The second-order valence-corrected chi connectivity index (χ2v) is 5.91. The highest BCUT2D eigenvalue weighted by Crippen LogP contribution is 2.24. The van der Waals surface area contributed by atoms with Gasteiger partial charge in [-0.3, -0.25) is 4.79 Å². The van der Waals surface area contributed by atoms with Crippen LogP contribution in [0.2, 0.25) is 0 Å². The topological polar surface area (TPSA) is 66.4 Å². The van der Waals surface area contributed by atoms with Crippen LogP contribution in [0.1, 0.15) is 20.7 Å². The average molecular weight is 366 g/mol. The van der Waals surface area contributed by atoms with Gasteiger partial charge in [-0.1, -0.05) is 28.1 Å². The molecule has 6 heteroatoms. The summed E-state index contributed by atoms with van der Waals surface area (Å²) in [6, 6.07) is 11.8. The van der Waals surface area contributed by atoms with Crippen LogP contribution in [0.5, 0.6) is 0 Å². The first-order valence-corrected chi connectivity index (χ1v) is 8.02. The Morgan fingerprint density at radius 2 is 1.86 bits per heavy atom. The molecule has 0 aliphatic rings. The van der Waals surface area contributed by atoms with Crippen molar-refractivity contribution in [3.63, 3.8) is 0 Å². The normalized spacial score (nSPS) is 10.2. The smallest absolute Gasteiger partial charge is 0.337 e. The Hall–Kier alpha value is -1.79. The Morgan fingerprint density at radius 1 is 1.14 bits per heavy atom. The summed E-state index contributed by atoms with van der Waals surface area (Å²) in [7, 11) is 0. The zero-order valence-electron chi connectivity index (χ0n) is 11.1. The molecule has 2 aromatic carbocycles. The van der Waals surface area contributed by atoms with Crippen LogP contribution in [0.15, 0.2) is 51.8 Å². The van der Waals surface area contributed by atoms with Crippen LogP contribution in [0.25, 0.3) is 0 Å². The molecule has 2 aromatic rings. The van der Waals surface area contributed by atoms with E-state index in [9.17, 15) is 14.7 Å². The number of carbonyl (C=O) groups excluding carboxylic acids is 1. The number of aromatic carboxylic acids is 1. The molecular weight excluding hydrogens is 354 g/mol. The minimum absolute atomic E-state index is 0.0492. The van der Waals surface area contributed by atoms with Crippen LogP contribution in [-0.2, 0) is 0 Å². The molecule has 21 heavy (non-hydrogen) atoms. The summed E-state index contributed by atoms with van der Waals surface area (Å²) in [6.45, 7) is 0. The predicted octanol–water partition coefficient (Wildman–Crippen LogP) is 4.12. The average Bonchev–Trinajstić information content (AvgIpc) is 2.46. The van der Waals surface area contributed by atoms with Gasteiger partial charge in [-0.05, 0) is 36.6 Å². The van der Waals surface area contributed by atoms with Gasteiger partial charge in [0.15, 0.2) is 0 Å². The van der Waals surface area contributed by atoms with Crippen molar-refractivity contribution in [3.8, 4) is 0 Å². The zero-order valence-corrected chi connectivity index (χ0v) is 13.5. The fourth-order valence-electron chi connectivity index (χ4n) is 1.83. The molecule has 0 aliphatic heterocycles. The van der Waals surface area contributed by atoms with Crippen LogP contribution in [-0.4, -0.2) is 23.2 Å². The van der Waals surface area contributed by atoms with Gasteiger partial charge in [-0.2, -0.15) is 0 Å². The lowest BCUT2D eigenvalue weighted by Gasteiger charge is -2.11. The Labute approximate surface area is 134 Å². The van der Waals surface area contributed by atoms with E-state index >= 15 is 0 Å². The molecule has 0 saturated heterocycles. The predicted molar refractivity (Wildman–Crippen MR) is 87.3 cm³/mol. The third-order valence-electron chi connectivity index (χ3n) is 2.81. The van der Waals surface area contributed by atoms with Crippen molar-refractivity contribution in [1.29, 1.82) is 0 Å². The number of carbonyl (C=O) groups is 2. The number of amides is 1. The summed E-state index contributed by atoms with van der Waals surface area (Å²) in [5.41, 5.74) is 0.826. The van der Waals surface area contributed by atoms with E-state index in [2.05, 4.69) is 21.2 Å². The molecule has 4 nitrogen and oxygen atoms in total. The molecule has 2 N–H and O–H groups in total. The van der Waals surface area contributed by atoms with Crippen molar-refractivity contribution >= 4 is 45.3 Å². The molecule has 2 rings (SSSR count). The Morgan fingerprint density at radius 3 is 2.52 bits per heavy atom. The summed E-state index contributed by atoms with van der Waals surface area (Å²) < 4.78 is 0.695. The number of hydrogen-bond acceptors (Lipinski definition) is 3. The van der Waals surface area contributed by atoms with Crippen molar-refractivity contribution in [3.05, 3.63) is 58.1 Å². The van der Waals surface area contributed by atoms with E-state index < -0.39 is 5.97 Å². The quantitative estimate of drug-likeness (QED) is 0.799. The minimum atomic E-state index is -1.09. The monoisotopic (exact) mass is 365 g/mol. The molecule has 0 spiro atoms. The van der Waals surface area contributed by atoms with E-state index in [-0.39, 0.29) is 17.2 Å². The molecule has 0 radical (unpaired) electrons. The van der Waals surface area contributed by atoms with Gasteiger partial charge in [-0.15, -0.1) is 11.8 Å². The van der Waals surface area contributed by atoms with Crippen LogP contribution in [0.3, 0.4) is 0 Å². The molecule has 0 heterocycles. The molecule has 0 aliphatic carbocycles. The second-order valence-electron chi connectivity index (χ2n) is 4.15. The molecule has 0 atom stereocenters. The molecular formula is C15H12BrNO3S. The van der Waals surface area contributed by atoms with E-state index in [0.717, 1.165) is 4.90 Å². The van der Waals surface area contributed by atoms with Crippen LogP contribution in [0.4, 0.5) is 5.69 Å². The van der Waals surface area contributed by atoms with Gasteiger partial charge in [0.25, 0.3) is 5.91 Å². The molecule has 0 saturated carbocycles. The Kier molecular flexibility index (Phi) is 5.03. The largest absolute Gasteiger partial charge is 0.478 e. The van der Waals surface area contributed by atoms with E-state index in [0.29, 0.717) is 10.0 Å². The zero-order chi connectivity index (χ0) is 15.4. The lowest BCUT2D eigenvalue weighted by Crippen LogP contribution is -2.15. The van der Waals surface area contributed by atoms with Gasteiger partial charge >= 0.3 is 5.97 Å². The summed E-state index contributed by atoms with van der Waals surface area (Å²) in [6.07, 6.45) is 1.88. The number of carboxylic acids is 1. The summed E-state index contributed by atoms with van der Waals surface area (Å²) in [5.74, 6) is -1.42. The summed E-state index contributed by atoms with van der Waals surface area (Å²) >= 11 is 4.73. The third-order valence-corrected chi connectivity index (χ3v) is 4.10. The summed E-state index contributed by atoms with van der Waals surface area (Å²) in [4.78, 5) is 24.4. The first-order chi connectivity index (χ1) is 10.0. The van der Waals surface area contributed by atoms with Crippen LogP contribution >= 0.6 is 27.7 Å². The molecule has 0 unspecified atom stereocenters. The number of rotatable bonds is 4. The van der Waals surface area contributed by atoms with Crippen molar-refractivity contribution in [2.45, 2.75) is 4.90 Å². The molecule has 0 fully saturated rings. The van der Waals surface area contributed by atoms with Gasteiger partial charge in [0.1, 0.15) is 0 Å². The van der Waals surface area contributed by atoms with Gasteiger partial charge in [0.05, 0.1) is 16.8 Å². The molecule has 0 bridgehead atoms. The number of anilines is 1. The van der Waals surface area contributed by atoms with Crippen LogP contribution in [0, 0.1) is 0 Å². The van der Waals surface area contributed by atoms with E-state index in [4.69, 9.17) is 0 Å². The van der Waals surface area contributed by atoms with E-state index in [1.54, 1.807) is 24.3 Å². The van der Waals surface area contributed by atoms with E-state index in [1.807, 2.05) is 18.4 Å². The minimum Gasteiger partial charge on any atom is -0.478 e. The highest BCUT2D eigenvalue weighted by molar-refractivity contribution is 9.10. The number of hydrogen-bond donors (Lipinski definition) is 2. The van der Waals surface area contributed by atoms with Crippen molar-refractivity contribution in [2.75, 3.05) is 11.6 Å². The maximum atomic E-state index is 12.3. The van der Waals surface area contributed by atoms with Gasteiger partial charge in [0, 0.05) is 9.37 Å². The van der Waals surface area contributed by atoms with Crippen molar-refractivity contribution < 1.29 is 14.7 Å². The fraction of sp³-hybridized carbons (Fsp3) is 0.0667. The van der Waals surface area contributed by atoms with Crippen molar-refractivity contribution in [1.82, 2.24) is 0 Å². The molecule has 1 amide bonds. The van der Waals surface area contributed by atoms with Crippen molar-refractivity contribution in [2.24, 2.45) is 0 Å². The maximum Gasteiger partial charge on any atom is 0.337 e. The first kappa shape index (κ1) is 15.6.